The molecule has 3 aromatic rings. The summed E-state index contributed by atoms with van der Waals surface area (Å²) in [4.78, 5) is 4.42. The highest BCUT2D eigenvalue weighted by atomic mass is 35.5. The molecule has 152 valence electrons. The largest absolute Gasteiger partial charge is 0.293 e. The van der Waals surface area contributed by atoms with Gasteiger partial charge in [0.25, 0.3) is 10.0 Å². The fraction of sp³-hybridized carbons (Fsp3) is 0.150. The Kier molecular flexibility index (Phi) is 6.59. The van der Waals surface area contributed by atoms with Crippen LogP contribution in [-0.2, 0) is 16.4 Å². The molecule has 0 fully saturated rings. The monoisotopic (exact) mass is 448 g/mol. The van der Waals surface area contributed by atoms with Gasteiger partial charge in [0.05, 0.1) is 13.1 Å². The molecule has 3 N–H and O–H groups in total. The van der Waals surface area contributed by atoms with Crippen LogP contribution in [0.15, 0.2) is 75.2 Å². The number of rotatable bonds is 6. The standard InChI is InChI=1S/C20H20N4O2S2.ClH/c21-24-12-11-22-20(24)17-7-3-15(4-8-17)14-16-5-9-18(10-6-16)23-28(25,26)19-2-1-13-27-19;/h1-10,13,23H,11-12,14,21H2;1H. The third-order valence-electron chi connectivity index (χ3n) is 4.46. The molecule has 0 spiro atoms. The number of benzene rings is 2. The van der Waals surface area contributed by atoms with Crippen molar-refractivity contribution in [3.8, 4) is 0 Å². The predicted octanol–water partition coefficient (Wildman–Crippen LogP) is 3.50. The molecule has 0 radical (unpaired) electrons. The van der Waals surface area contributed by atoms with Gasteiger partial charge in [0.1, 0.15) is 10.0 Å². The maximum absolute atomic E-state index is 12.3. The first kappa shape index (κ1) is 21.3. The van der Waals surface area contributed by atoms with E-state index in [1.165, 1.54) is 11.3 Å². The van der Waals surface area contributed by atoms with Crippen LogP contribution in [0.2, 0.25) is 0 Å². The summed E-state index contributed by atoms with van der Waals surface area (Å²) in [5.41, 5.74) is 3.83. The van der Waals surface area contributed by atoms with E-state index in [0.717, 1.165) is 42.0 Å². The highest BCUT2D eigenvalue weighted by Gasteiger charge is 2.16. The average molecular weight is 449 g/mol. The number of thiophene rings is 1. The number of aliphatic imine (C=N–C) groups is 1. The number of hydrogen-bond acceptors (Lipinski definition) is 6. The van der Waals surface area contributed by atoms with Crippen LogP contribution in [0.5, 0.6) is 0 Å². The molecule has 0 bridgehead atoms. The Labute approximate surface area is 180 Å². The molecule has 0 saturated heterocycles. The third-order valence-corrected chi connectivity index (χ3v) is 7.24. The number of anilines is 1. The molecule has 0 aliphatic carbocycles. The molecule has 29 heavy (non-hydrogen) atoms. The van der Waals surface area contributed by atoms with Crippen LogP contribution in [0.4, 0.5) is 5.69 Å². The number of nitrogens with one attached hydrogen (secondary N) is 1. The summed E-state index contributed by atoms with van der Waals surface area (Å²) in [6.45, 7) is 1.48. The van der Waals surface area contributed by atoms with Gasteiger partial charge in [-0.25, -0.2) is 14.3 Å². The van der Waals surface area contributed by atoms with E-state index in [-0.39, 0.29) is 12.4 Å². The Morgan fingerprint density at radius 2 is 1.69 bits per heavy atom. The number of nitrogens with zero attached hydrogens (tertiary/aromatic N) is 2. The number of amidine groups is 1. The number of sulfonamides is 1. The topological polar surface area (TPSA) is 87.8 Å². The molecule has 0 atom stereocenters. The van der Waals surface area contributed by atoms with E-state index < -0.39 is 10.0 Å². The highest BCUT2D eigenvalue weighted by Crippen LogP contribution is 2.21. The van der Waals surface area contributed by atoms with Gasteiger partial charge in [-0.2, -0.15) is 0 Å². The zero-order valence-corrected chi connectivity index (χ0v) is 17.9. The summed E-state index contributed by atoms with van der Waals surface area (Å²) >= 11 is 1.19. The first-order valence-electron chi connectivity index (χ1n) is 8.82. The molecule has 2 heterocycles. The summed E-state index contributed by atoms with van der Waals surface area (Å²) in [5, 5.41) is 3.41. The summed E-state index contributed by atoms with van der Waals surface area (Å²) in [6, 6.07) is 18.9. The minimum Gasteiger partial charge on any atom is -0.293 e. The van der Waals surface area contributed by atoms with Crippen molar-refractivity contribution in [2.75, 3.05) is 17.8 Å². The van der Waals surface area contributed by atoms with E-state index in [1.54, 1.807) is 34.7 Å². The van der Waals surface area contributed by atoms with Crippen LogP contribution in [0.3, 0.4) is 0 Å². The molecule has 4 rings (SSSR count). The van der Waals surface area contributed by atoms with E-state index in [2.05, 4.69) is 21.8 Å². The Hall–Kier alpha value is -2.39. The molecule has 1 aliphatic heterocycles. The molecule has 0 amide bonds. The van der Waals surface area contributed by atoms with Crippen LogP contribution in [0.25, 0.3) is 0 Å². The number of hydrazine groups is 1. The third kappa shape index (κ3) is 4.97. The fourth-order valence-corrected chi connectivity index (χ4v) is 5.09. The van der Waals surface area contributed by atoms with Crippen molar-refractivity contribution >= 4 is 45.3 Å². The van der Waals surface area contributed by atoms with E-state index in [4.69, 9.17) is 5.84 Å². The maximum atomic E-state index is 12.3. The van der Waals surface area contributed by atoms with Crippen molar-refractivity contribution in [2.24, 2.45) is 10.8 Å². The Balaban J connectivity index is 0.00000240. The van der Waals surface area contributed by atoms with Gasteiger partial charge >= 0.3 is 0 Å². The lowest BCUT2D eigenvalue weighted by atomic mass is 10.0. The molecule has 9 heteroatoms. The van der Waals surface area contributed by atoms with Crippen LogP contribution >= 0.6 is 23.7 Å². The van der Waals surface area contributed by atoms with Crippen molar-refractivity contribution in [3.63, 3.8) is 0 Å². The smallest absolute Gasteiger partial charge is 0.271 e. The van der Waals surface area contributed by atoms with Crippen LogP contribution in [-0.4, -0.2) is 32.4 Å². The van der Waals surface area contributed by atoms with Gasteiger partial charge in [-0.05, 0) is 41.1 Å². The van der Waals surface area contributed by atoms with Crippen molar-refractivity contribution in [3.05, 3.63) is 82.7 Å². The summed E-state index contributed by atoms with van der Waals surface area (Å²) in [5.74, 6) is 6.74. The zero-order chi connectivity index (χ0) is 19.6. The molecular weight excluding hydrogens is 428 g/mol. The van der Waals surface area contributed by atoms with Crippen molar-refractivity contribution in [1.82, 2.24) is 5.01 Å². The number of hydrogen-bond donors (Lipinski definition) is 2. The molecule has 2 aromatic carbocycles. The summed E-state index contributed by atoms with van der Waals surface area (Å²) in [7, 11) is -3.52. The van der Waals surface area contributed by atoms with Gasteiger partial charge in [0.15, 0.2) is 0 Å². The highest BCUT2D eigenvalue weighted by molar-refractivity contribution is 7.94. The van der Waals surface area contributed by atoms with Crippen LogP contribution in [0, 0.1) is 0 Å². The second-order valence-corrected chi connectivity index (χ2v) is 9.36. The second kappa shape index (κ2) is 8.96. The van der Waals surface area contributed by atoms with Gasteiger partial charge in [-0.1, -0.05) is 42.5 Å². The Morgan fingerprint density at radius 1 is 1.03 bits per heavy atom. The second-order valence-electron chi connectivity index (χ2n) is 6.51. The van der Waals surface area contributed by atoms with Gasteiger partial charge < -0.3 is 0 Å². The van der Waals surface area contributed by atoms with Gasteiger partial charge in [-0.3, -0.25) is 14.7 Å². The lowest BCUT2D eigenvalue weighted by molar-refractivity contribution is 0.484. The SMILES string of the molecule is Cl.NN1CCN=C1c1ccc(Cc2ccc(NS(=O)(=O)c3cccs3)cc2)cc1. The normalized spacial score (nSPS) is 13.7. The summed E-state index contributed by atoms with van der Waals surface area (Å²) < 4.78 is 27.5. The Morgan fingerprint density at radius 3 is 2.24 bits per heavy atom. The minimum atomic E-state index is -3.52. The molecule has 6 nitrogen and oxygen atoms in total. The van der Waals surface area contributed by atoms with Gasteiger partial charge in [-0.15, -0.1) is 23.7 Å². The van der Waals surface area contributed by atoms with Gasteiger partial charge in [0.2, 0.25) is 0 Å². The van der Waals surface area contributed by atoms with Crippen molar-refractivity contribution in [1.29, 1.82) is 0 Å². The van der Waals surface area contributed by atoms with Crippen molar-refractivity contribution in [2.45, 2.75) is 10.6 Å². The zero-order valence-electron chi connectivity index (χ0n) is 15.5. The minimum absolute atomic E-state index is 0. The van der Waals surface area contributed by atoms with Crippen LogP contribution in [0.1, 0.15) is 16.7 Å². The van der Waals surface area contributed by atoms with Crippen LogP contribution < -0.4 is 10.6 Å². The average Bonchev–Trinajstić information content (AvgIpc) is 3.36. The summed E-state index contributed by atoms with van der Waals surface area (Å²) in [6.07, 6.45) is 0.761. The number of nitrogens with two attached hydrogens (primary N) is 1. The molecule has 0 saturated carbocycles. The number of halogens is 1. The lowest BCUT2D eigenvalue weighted by Crippen LogP contribution is -2.34. The molecular formula is C20H21ClN4O2S2. The van der Waals surface area contributed by atoms with E-state index in [0.29, 0.717) is 9.90 Å². The van der Waals surface area contributed by atoms with E-state index in [1.807, 2.05) is 24.3 Å². The first-order chi connectivity index (χ1) is 13.5. The lowest BCUT2D eigenvalue weighted by Gasteiger charge is -2.13. The quantitative estimate of drug-likeness (QED) is 0.565. The predicted molar refractivity (Wildman–Crippen MR) is 120 cm³/mol. The Bertz CT molecular complexity index is 1080. The molecule has 1 aromatic heterocycles. The molecule has 0 unspecified atom stereocenters. The van der Waals surface area contributed by atoms with E-state index >= 15 is 0 Å². The van der Waals surface area contributed by atoms with E-state index in [9.17, 15) is 8.42 Å². The van der Waals surface area contributed by atoms with Crippen molar-refractivity contribution < 1.29 is 8.42 Å². The first-order valence-corrected chi connectivity index (χ1v) is 11.2. The maximum Gasteiger partial charge on any atom is 0.271 e. The fourth-order valence-electron chi connectivity index (χ4n) is 3.04. The molecule has 1 aliphatic rings. The van der Waals surface area contributed by atoms with Gasteiger partial charge in [0, 0.05) is 11.3 Å².